The quantitative estimate of drug-likeness (QED) is 0.668. The number of hydrogen-bond donors (Lipinski definition) is 1. The Balaban J connectivity index is 1.99. The highest BCUT2D eigenvalue weighted by atomic mass is 16.5. The molecule has 102 valence electrons. The van der Waals surface area contributed by atoms with Crippen LogP contribution in [0, 0.1) is 12.8 Å². The van der Waals surface area contributed by atoms with Crippen molar-refractivity contribution in [3.05, 3.63) is 35.4 Å². The third-order valence-electron chi connectivity index (χ3n) is 2.97. The molecule has 0 heterocycles. The molecule has 0 aliphatic heterocycles. The van der Waals surface area contributed by atoms with Gasteiger partial charge in [0.2, 0.25) is 0 Å². The number of aryl methyl sites for hydroxylation is 1. The second-order valence-electron chi connectivity index (χ2n) is 4.85. The van der Waals surface area contributed by atoms with E-state index in [1.807, 2.05) is 32.0 Å². The number of nitrogens with one attached hydrogen (secondary N) is 1. The van der Waals surface area contributed by atoms with Crippen molar-refractivity contribution in [3.8, 4) is 0 Å². The molecule has 0 radical (unpaired) electrons. The third-order valence-corrected chi connectivity index (χ3v) is 2.97. The first-order valence-corrected chi connectivity index (χ1v) is 6.74. The summed E-state index contributed by atoms with van der Waals surface area (Å²) in [5, 5.41) is 2.73. The molecule has 1 saturated carbocycles. The molecule has 0 spiro atoms. The summed E-state index contributed by atoms with van der Waals surface area (Å²) in [7, 11) is 0. The largest absolute Gasteiger partial charge is 0.465 e. The van der Waals surface area contributed by atoms with Crippen molar-refractivity contribution in [2.24, 2.45) is 10.9 Å². The number of aliphatic imine (C=N–C) groups is 1. The van der Waals surface area contributed by atoms with Gasteiger partial charge >= 0.3 is 0 Å². The average Bonchev–Trinajstić information content (AvgIpc) is 3.20. The molecule has 1 aromatic rings. The van der Waals surface area contributed by atoms with E-state index in [0.717, 1.165) is 12.1 Å². The van der Waals surface area contributed by atoms with Crippen LogP contribution < -0.4 is 5.32 Å². The number of nitrogens with zero attached hydrogens (tertiary/aromatic N) is 1. The Morgan fingerprint density at radius 1 is 1.47 bits per heavy atom. The highest BCUT2D eigenvalue weighted by Crippen LogP contribution is 2.28. The number of benzene rings is 1. The minimum atomic E-state index is -0.174. The zero-order chi connectivity index (χ0) is 13.7. The lowest BCUT2D eigenvalue weighted by molar-refractivity contribution is 0.0966. The van der Waals surface area contributed by atoms with Crippen LogP contribution in [0.5, 0.6) is 0 Å². The van der Waals surface area contributed by atoms with Crippen molar-refractivity contribution >= 4 is 11.9 Å². The third kappa shape index (κ3) is 4.39. The van der Waals surface area contributed by atoms with E-state index in [-0.39, 0.29) is 5.91 Å². The molecule has 1 fully saturated rings. The summed E-state index contributed by atoms with van der Waals surface area (Å²) in [5.74, 6) is 0.498. The van der Waals surface area contributed by atoms with E-state index in [0.29, 0.717) is 24.1 Å². The van der Waals surface area contributed by atoms with E-state index in [1.165, 1.54) is 12.8 Å². The molecular weight excluding hydrogens is 240 g/mol. The molecule has 1 N–H and O–H groups in total. The summed E-state index contributed by atoms with van der Waals surface area (Å²) in [4.78, 5) is 16.4. The lowest BCUT2D eigenvalue weighted by Gasteiger charge is -2.09. The van der Waals surface area contributed by atoms with Gasteiger partial charge in [-0.05, 0) is 44.7 Å². The maximum Gasteiger partial charge on any atom is 0.291 e. The second-order valence-corrected chi connectivity index (χ2v) is 4.85. The van der Waals surface area contributed by atoms with Crippen LogP contribution in [0.2, 0.25) is 0 Å². The summed E-state index contributed by atoms with van der Waals surface area (Å²) in [6.45, 7) is 5.08. The topological polar surface area (TPSA) is 50.7 Å². The van der Waals surface area contributed by atoms with Gasteiger partial charge in [-0.2, -0.15) is 0 Å². The van der Waals surface area contributed by atoms with Gasteiger partial charge in [0.15, 0.2) is 0 Å². The van der Waals surface area contributed by atoms with Crippen LogP contribution in [0.1, 0.15) is 35.7 Å². The highest BCUT2D eigenvalue weighted by Gasteiger charge is 2.21. The molecule has 1 amide bonds. The van der Waals surface area contributed by atoms with Crippen LogP contribution >= 0.6 is 0 Å². The number of carbonyl (C=O) groups is 1. The van der Waals surface area contributed by atoms with E-state index in [1.54, 1.807) is 6.07 Å². The van der Waals surface area contributed by atoms with E-state index < -0.39 is 0 Å². The lowest BCUT2D eigenvalue weighted by atomic mass is 10.1. The molecular formula is C15H20N2O2. The Hall–Kier alpha value is -1.84. The number of amidine groups is 1. The van der Waals surface area contributed by atoms with Crippen LogP contribution in [-0.4, -0.2) is 25.1 Å². The number of carbonyl (C=O) groups excluding carboxylic acids is 1. The van der Waals surface area contributed by atoms with Gasteiger partial charge in [-0.15, -0.1) is 0 Å². The summed E-state index contributed by atoms with van der Waals surface area (Å²) in [5.41, 5.74) is 1.68. The summed E-state index contributed by atoms with van der Waals surface area (Å²) in [6.07, 6.45) is 2.46. The van der Waals surface area contributed by atoms with Gasteiger partial charge in [0, 0.05) is 12.1 Å². The molecule has 1 aliphatic rings. The van der Waals surface area contributed by atoms with Gasteiger partial charge in [-0.25, -0.2) is 4.99 Å². The Morgan fingerprint density at radius 3 is 2.89 bits per heavy atom. The van der Waals surface area contributed by atoms with E-state index in [2.05, 4.69) is 10.3 Å². The Labute approximate surface area is 113 Å². The monoisotopic (exact) mass is 260 g/mol. The van der Waals surface area contributed by atoms with Crippen LogP contribution in [-0.2, 0) is 4.74 Å². The standard InChI is InChI=1S/C15H20N2O2/c1-3-19-15(16-10-12-7-8-12)17-14(18)13-6-4-5-11(2)9-13/h4-6,9,12H,3,7-8,10H2,1-2H3,(H,16,17,18). The Kier molecular flexibility index (Phi) is 4.55. The first kappa shape index (κ1) is 13.6. The first-order valence-electron chi connectivity index (χ1n) is 6.74. The van der Waals surface area contributed by atoms with Crippen LogP contribution in [0.15, 0.2) is 29.3 Å². The maximum absolute atomic E-state index is 12.1. The molecule has 4 nitrogen and oxygen atoms in total. The second kappa shape index (κ2) is 6.36. The zero-order valence-corrected chi connectivity index (χ0v) is 11.5. The summed E-state index contributed by atoms with van der Waals surface area (Å²) >= 11 is 0. The van der Waals surface area contributed by atoms with Crippen LogP contribution in [0.3, 0.4) is 0 Å². The van der Waals surface area contributed by atoms with Crippen molar-refractivity contribution in [3.63, 3.8) is 0 Å². The zero-order valence-electron chi connectivity index (χ0n) is 11.5. The van der Waals surface area contributed by atoms with Crippen molar-refractivity contribution in [1.29, 1.82) is 0 Å². The minimum Gasteiger partial charge on any atom is -0.465 e. The Morgan fingerprint density at radius 2 is 2.26 bits per heavy atom. The van der Waals surface area contributed by atoms with Crippen molar-refractivity contribution < 1.29 is 9.53 Å². The van der Waals surface area contributed by atoms with Gasteiger partial charge in [0.05, 0.1) is 6.61 Å². The molecule has 0 bridgehead atoms. The molecule has 0 atom stereocenters. The van der Waals surface area contributed by atoms with Gasteiger partial charge in [-0.1, -0.05) is 17.7 Å². The van der Waals surface area contributed by atoms with Crippen molar-refractivity contribution in [1.82, 2.24) is 5.32 Å². The maximum atomic E-state index is 12.1. The summed E-state index contributed by atoms with van der Waals surface area (Å²) in [6, 6.07) is 7.79. The van der Waals surface area contributed by atoms with Crippen molar-refractivity contribution in [2.75, 3.05) is 13.2 Å². The average molecular weight is 260 g/mol. The first-order chi connectivity index (χ1) is 9.19. The molecule has 1 aliphatic carbocycles. The smallest absolute Gasteiger partial charge is 0.291 e. The molecule has 2 rings (SSSR count). The van der Waals surface area contributed by atoms with Crippen molar-refractivity contribution in [2.45, 2.75) is 26.7 Å². The fourth-order valence-corrected chi connectivity index (χ4v) is 1.73. The van der Waals surface area contributed by atoms with Crippen LogP contribution in [0.25, 0.3) is 0 Å². The fourth-order valence-electron chi connectivity index (χ4n) is 1.73. The molecule has 0 aromatic heterocycles. The van der Waals surface area contributed by atoms with E-state index >= 15 is 0 Å². The number of amides is 1. The molecule has 19 heavy (non-hydrogen) atoms. The van der Waals surface area contributed by atoms with Gasteiger partial charge in [-0.3, -0.25) is 10.1 Å². The predicted molar refractivity (Wildman–Crippen MR) is 75.3 cm³/mol. The van der Waals surface area contributed by atoms with Gasteiger partial charge < -0.3 is 4.74 Å². The SMILES string of the molecule is CCOC(=NCC1CC1)NC(=O)c1cccc(C)c1. The Bertz CT molecular complexity index is 479. The van der Waals surface area contributed by atoms with E-state index in [4.69, 9.17) is 4.74 Å². The lowest BCUT2D eigenvalue weighted by Crippen LogP contribution is -2.33. The minimum absolute atomic E-state index is 0.174. The molecule has 1 aromatic carbocycles. The molecule has 4 heteroatoms. The highest BCUT2D eigenvalue weighted by molar-refractivity contribution is 6.04. The normalized spacial score (nSPS) is 15.2. The molecule has 0 saturated heterocycles. The van der Waals surface area contributed by atoms with E-state index in [9.17, 15) is 4.79 Å². The summed E-state index contributed by atoms with van der Waals surface area (Å²) < 4.78 is 5.36. The number of hydrogen-bond acceptors (Lipinski definition) is 3. The van der Waals surface area contributed by atoms with Gasteiger partial charge in [0.25, 0.3) is 11.9 Å². The molecule has 0 unspecified atom stereocenters. The number of ether oxygens (including phenoxy) is 1. The fraction of sp³-hybridized carbons (Fsp3) is 0.467. The van der Waals surface area contributed by atoms with Crippen LogP contribution in [0.4, 0.5) is 0 Å². The predicted octanol–water partition coefficient (Wildman–Crippen LogP) is 2.53. The van der Waals surface area contributed by atoms with Gasteiger partial charge in [0.1, 0.15) is 0 Å². The number of rotatable bonds is 4.